The molecule has 0 rings (SSSR count). The number of hydrogen-bond acceptors (Lipinski definition) is 1. The van der Waals surface area contributed by atoms with E-state index in [2.05, 4.69) is 19.1 Å². The van der Waals surface area contributed by atoms with Crippen LogP contribution in [0.25, 0.3) is 0 Å². The molecular weight excluding hydrogens is 122 g/mol. The normalized spacial score (nSPS) is 10.8. The largest absolute Gasteiger partial charge is 0.198 e. The van der Waals surface area contributed by atoms with Crippen molar-refractivity contribution in [1.82, 2.24) is 0 Å². The Kier molecular flexibility index (Phi) is 7.15. The molecule has 0 aromatic rings. The van der Waals surface area contributed by atoms with E-state index >= 15 is 0 Å². The standard InChI is InChI=1S/C9H13N/c1-2-3-4-5-6-7-8-9-10/h3-4,6-7H,2,5,8H2,1H3. The Labute approximate surface area is 62.7 Å². The van der Waals surface area contributed by atoms with Gasteiger partial charge in [-0.2, -0.15) is 5.26 Å². The molecule has 0 saturated carbocycles. The molecule has 0 bridgehead atoms. The highest BCUT2D eigenvalue weighted by Crippen LogP contribution is 1.89. The molecule has 0 aromatic carbocycles. The summed E-state index contributed by atoms with van der Waals surface area (Å²) in [4.78, 5) is 0. The first-order chi connectivity index (χ1) is 4.91. The number of allylic oxidation sites excluding steroid dienone is 4. The lowest BCUT2D eigenvalue weighted by molar-refractivity contribution is 1.19. The van der Waals surface area contributed by atoms with E-state index in [9.17, 15) is 0 Å². The van der Waals surface area contributed by atoms with Gasteiger partial charge in [0.05, 0.1) is 12.5 Å². The fourth-order valence-electron chi connectivity index (χ4n) is 0.574. The average Bonchev–Trinajstić information content (AvgIpc) is 1.97. The van der Waals surface area contributed by atoms with Crippen LogP contribution in [-0.2, 0) is 0 Å². The van der Waals surface area contributed by atoms with E-state index in [0.29, 0.717) is 6.42 Å². The number of nitrogens with zero attached hydrogens (tertiary/aromatic N) is 1. The molecule has 0 atom stereocenters. The summed E-state index contributed by atoms with van der Waals surface area (Å²) in [5, 5.41) is 8.15. The maximum absolute atomic E-state index is 8.15. The van der Waals surface area contributed by atoms with E-state index in [0.717, 1.165) is 12.8 Å². The van der Waals surface area contributed by atoms with Crippen molar-refractivity contribution < 1.29 is 0 Å². The summed E-state index contributed by atoms with van der Waals surface area (Å²) in [6, 6.07) is 2.05. The Morgan fingerprint density at radius 1 is 1.20 bits per heavy atom. The lowest BCUT2D eigenvalue weighted by Gasteiger charge is -1.79. The third kappa shape index (κ3) is 6.97. The summed E-state index contributed by atoms with van der Waals surface area (Å²) in [6.45, 7) is 2.11. The second kappa shape index (κ2) is 7.97. The van der Waals surface area contributed by atoms with Crippen molar-refractivity contribution >= 4 is 0 Å². The summed E-state index contributed by atoms with van der Waals surface area (Å²) in [6.07, 6.45) is 10.7. The molecule has 0 N–H and O–H groups in total. The van der Waals surface area contributed by atoms with Gasteiger partial charge in [-0.25, -0.2) is 0 Å². The van der Waals surface area contributed by atoms with Crippen molar-refractivity contribution in [2.75, 3.05) is 0 Å². The van der Waals surface area contributed by atoms with Crippen LogP contribution in [0.2, 0.25) is 0 Å². The zero-order valence-electron chi connectivity index (χ0n) is 6.38. The molecule has 1 nitrogen and oxygen atoms in total. The van der Waals surface area contributed by atoms with Gasteiger partial charge in [-0.05, 0) is 12.8 Å². The molecule has 0 heterocycles. The predicted octanol–water partition coefficient (Wildman–Crippen LogP) is 2.81. The van der Waals surface area contributed by atoms with E-state index in [-0.39, 0.29) is 0 Å². The Bertz CT molecular complexity index is 149. The van der Waals surface area contributed by atoms with Gasteiger partial charge >= 0.3 is 0 Å². The van der Waals surface area contributed by atoms with Crippen LogP contribution in [-0.4, -0.2) is 0 Å². The molecule has 0 fully saturated rings. The first-order valence-corrected chi connectivity index (χ1v) is 3.58. The van der Waals surface area contributed by atoms with Gasteiger partial charge in [0.15, 0.2) is 0 Å². The Morgan fingerprint density at radius 2 is 1.90 bits per heavy atom. The first-order valence-electron chi connectivity index (χ1n) is 3.58. The van der Waals surface area contributed by atoms with E-state index in [1.54, 1.807) is 0 Å². The fraction of sp³-hybridized carbons (Fsp3) is 0.444. The third-order valence-corrected chi connectivity index (χ3v) is 1.05. The van der Waals surface area contributed by atoms with E-state index in [1.165, 1.54) is 0 Å². The molecule has 0 saturated heterocycles. The second-order valence-electron chi connectivity index (χ2n) is 1.95. The highest BCUT2D eigenvalue weighted by Gasteiger charge is 1.70. The quantitative estimate of drug-likeness (QED) is 0.544. The predicted molar refractivity (Wildman–Crippen MR) is 43.4 cm³/mol. The van der Waals surface area contributed by atoms with Crippen molar-refractivity contribution in [1.29, 1.82) is 5.26 Å². The number of rotatable bonds is 4. The van der Waals surface area contributed by atoms with Crippen molar-refractivity contribution in [2.24, 2.45) is 0 Å². The van der Waals surface area contributed by atoms with E-state index in [1.807, 2.05) is 18.2 Å². The second-order valence-corrected chi connectivity index (χ2v) is 1.95. The summed E-state index contributed by atoms with van der Waals surface area (Å²) >= 11 is 0. The molecule has 0 aromatic heterocycles. The highest BCUT2D eigenvalue weighted by molar-refractivity contribution is 4.95. The highest BCUT2D eigenvalue weighted by atomic mass is 14.2. The summed E-state index contributed by atoms with van der Waals surface area (Å²) < 4.78 is 0. The maximum Gasteiger partial charge on any atom is 0.0663 e. The van der Waals surface area contributed by atoms with Gasteiger partial charge in [0.25, 0.3) is 0 Å². The Morgan fingerprint density at radius 3 is 2.50 bits per heavy atom. The van der Waals surface area contributed by atoms with Crippen LogP contribution in [0, 0.1) is 11.3 Å². The number of hydrogen-bond donors (Lipinski definition) is 0. The van der Waals surface area contributed by atoms with Gasteiger partial charge in [-0.1, -0.05) is 31.2 Å². The van der Waals surface area contributed by atoms with Crippen molar-refractivity contribution in [3.63, 3.8) is 0 Å². The topological polar surface area (TPSA) is 23.8 Å². The molecule has 0 unspecified atom stereocenters. The number of nitriles is 1. The van der Waals surface area contributed by atoms with Crippen LogP contribution >= 0.6 is 0 Å². The maximum atomic E-state index is 8.15. The fourth-order valence-corrected chi connectivity index (χ4v) is 0.574. The monoisotopic (exact) mass is 135 g/mol. The van der Waals surface area contributed by atoms with E-state index in [4.69, 9.17) is 5.26 Å². The molecule has 0 radical (unpaired) electrons. The lowest BCUT2D eigenvalue weighted by Crippen LogP contribution is -1.60. The molecule has 1 heteroatoms. The van der Waals surface area contributed by atoms with Crippen LogP contribution in [0.5, 0.6) is 0 Å². The van der Waals surface area contributed by atoms with Gasteiger partial charge in [0, 0.05) is 0 Å². The van der Waals surface area contributed by atoms with Crippen molar-refractivity contribution in [2.45, 2.75) is 26.2 Å². The van der Waals surface area contributed by atoms with Gasteiger partial charge < -0.3 is 0 Å². The summed E-state index contributed by atoms with van der Waals surface area (Å²) in [7, 11) is 0. The van der Waals surface area contributed by atoms with Crippen LogP contribution in [0.3, 0.4) is 0 Å². The minimum atomic E-state index is 0.528. The summed E-state index contributed by atoms with van der Waals surface area (Å²) in [5.74, 6) is 0. The zero-order chi connectivity index (χ0) is 7.66. The van der Waals surface area contributed by atoms with Crippen LogP contribution in [0.4, 0.5) is 0 Å². The van der Waals surface area contributed by atoms with Crippen LogP contribution < -0.4 is 0 Å². The SMILES string of the molecule is CCC=CCC=CCC#N. The summed E-state index contributed by atoms with van der Waals surface area (Å²) in [5.41, 5.74) is 0. The van der Waals surface area contributed by atoms with Gasteiger partial charge in [0.2, 0.25) is 0 Å². The lowest BCUT2D eigenvalue weighted by atomic mass is 10.3. The van der Waals surface area contributed by atoms with Gasteiger partial charge in [0.1, 0.15) is 0 Å². The minimum absolute atomic E-state index is 0.528. The molecule has 0 amide bonds. The Balaban J connectivity index is 3.19. The van der Waals surface area contributed by atoms with Crippen LogP contribution in [0.1, 0.15) is 26.2 Å². The molecule has 0 spiro atoms. The van der Waals surface area contributed by atoms with Crippen molar-refractivity contribution in [3.05, 3.63) is 24.3 Å². The molecule has 10 heavy (non-hydrogen) atoms. The molecule has 0 aliphatic rings. The van der Waals surface area contributed by atoms with Gasteiger partial charge in [-0.15, -0.1) is 0 Å². The molecule has 54 valence electrons. The van der Waals surface area contributed by atoms with Crippen LogP contribution in [0.15, 0.2) is 24.3 Å². The smallest absolute Gasteiger partial charge is 0.0663 e. The molecule has 0 aliphatic carbocycles. The zero-order valence-corrected chi connectivity index (χ0v) is 6.38. The third-order valence-electron chi connectivity index (χ3n) is 1.05. The van der Waals surface area contributed by atoms with E-state index < -0.39 is 0 Å². The minimum Gasteiger partial charge on any atom is -0.198 e. The Hall–Kier alpha value is -1.03. The average molecular weight is 135 g/mol. The molecular formula is C9H13N. The first kappa shape index (κ1) is 8.97. The van der Waals surface area contributed by atoms with Gasteiger partial charge in [-0.3, -0.25) is 0 Å². The molecule has 0 aliphatic heterocycles. The van der Waals surface area contributed by atoms with Crippen molar-refractivity contribution in [3.8, 4) is 6.07 Å².